The van der Waals surface area contributed by atoms with Crippen LogP contribution in [0.25, 0.3) is 0 Å². The molecule has 0 heterocycles. The zero-order chi connectivity index (χ0) is 13.5. The van der Waals surface area contributed by atoms with E-state index in [1.54, 1.807) is 0 Å². The van der Waals surface area contributed by atoms with Crippen molar-refractivity contribution in [1.82, 2.24) is 0 Å². The van der Waals surface area contributed by atoms with E-state index >= 15 is 0 Å². The molecule has 0 spiro atoms. The fraction of sp³-hybridized carbons (Fsp3) is 1.00. The van der Waals surface area contributed by atoms with Gasteiger partial charge in [0.05, 0.1) is 13.2 Å². The Bertz CT molecular complexity index is 256. The summed E-state index contributed by atoms with van der Waals surface area (Å²) in [7, 11) is -3.84. The average molecular weight is 308 g/mol. The second-order valence-corrected chi connectivity index (χ2v) is 6.97. The van der Waals surface area contributed by atoms with Crippen LogP contribution in [0.1, 0.15) is 50.3 Å². The van der Waals surface area contributed by atoms with Crippen LogP contribution >= 0.6 is 7.82 Å². The molecule has 6 heteroatoms. The Morgan fingerprint density at radius 1 is 1.11 bits per heavy atom. The molecule has 0 aromatic heterocycles. The summed E-state index contributed by atoms with van der Waals surface area (Å²) in [4.78, 5) is 9.37. The van der Waals surface area contributed by atoms with Crippen LogP contribution in [-0.4, -0.2) is 55.8 Å². The fourth-order valence-electron chi connectivity index (χ4n) is 1.57. The van der Waals surface area contributed by atoms with Gasteiger partial charge in [-0.1, -0.05) is 34.6 Å². The van der Waals surface area contributed by atoms with Crippen LogP contribution in [0.15, 0.2) is 0 Å². The van der Waals surface area contributed by atoms with Gasteiger partial charge in [0, 0.05) is 0 Å². The van der Waals surface area contributed by atoms with Gasteiger partial charge in [-0.3, -0.25) is 9.05 Å². The van der Waals surface area contributed by atoms with Crippen LogP contribution in [0, 0.1) is 17.8 Å². The quantitative estimate of drug-likeness (QED) is 0.521. The first-order valence-corrected chi connectivity index (χ1v) is 7.84. The number of rotatable bonds is 9. The van der Waals surface area contributed by atoms with E-state index in [0.717, 1.165) is 12.8 Å². The van der Waals surface area contributed by atoms with Gasteiger partial charge < -0.3 is 7.75 Å². The van der Waals surface area contributed by atoms with Gasteiger partial charge >= 0.3 is 45.6 Å². The molecule has 108 valence electrons. The predicted octanol–water partition coefficient (Wildman–Crippen LogP) is 3.69. The molecule has 4 nitrogen and oxygen atoms in total. The van der Waals surface area contributed by atoms with Crippen LogP contribution in [-0.2, 0) is 13.6 Å². The maximum Gasteiger partial charge on any atom is 2.00 e. The van der Waals surface area contributed by atoms with Crippen molar-refractivity contribution in [2.24, 2.45) is 17.8 Å². The van der Waals surface area contributed by atoms with Gasteiger partial charge in [-0.25, -0.2) is 4.57 Å². The zero-order valence-electron chi connectivity index (χ0n) is 14.4. The molecule has 0 fully saturated rings. The molecule has 0 aliphatic carbocycles. The first-order valence-electron chi connectivity index (χ1n) is 6.34. The van der Waals surface area contributed by atoms with Crippen molar-refractivity contribution in [3.63, 3.8) is 0 Å². The molecule has 2 unspecified atom stereocenters. The molecule has 2 atom stereocenters. The summed E-state index contributed by atoms with van der Waals surface area (Å²) in [6.45, 7) is 10.8. The first-order chi connectivity index (χ1) is 7.73. The zero-order valence-corrected chi connectivity index (χ0v) is 15.5. The molecule has 0 amide bonds. The van der Waals surface area contributed by atoms with Gasteiger partial charge in [0.15, 0.2) is 0 Å². The molecule has 0 saturated carbocycles. The summed E-state index contributed by atoms with van der Waals surface area (Å²) in [5.41, 5.74) is 0. The van der Waals surface area contributed by atoms with Crippen molar-refractivity contribution < 1.29 is 21.4 Å². The standard InChI is InChI=1S/C12H27O4P.Ca.2H/c1-10(2)8-12(5)6-7-15-17(13,14)16-9-11(3)4;;;/h10-12H,6-9H2,1-5H3,(H,13,14);;;/q;+2;2*-1. The van der Waals surface area contributed by atoms with Crippen LogP contribution in [0.2, 0.25) is 0 Å². The van der Waals surface area contributed by atoms with Gasteiger partial charge in [-0.2, -0.15) is 0 Å². The minimum absolute atomic E-state index is 0. The Morgan fingerprint density at radius 3 is 2.11 bits per heavy atom. The predicted molar refractivity (Wildman–Crippen MR) is 77.8 cm³/mol. The number of phosphoric ester groups is 1. The van der Waals surface area contributed by atoms with Gasteiger partial charge in [0.1, 0.15) is 0 Å². The van der Waals surface area contributed by atoms with Gasteiger partial charge in [0.25, 0.3) is 0 Å². The largest absolute Gasteiger partial charge is 2.00 e. The van der Waals surface area contributed by atoms with E-state index in [2.05, 4.69) is 20.8 Å². The van der Waals surface area contributed by atoms with E-state index in [9.17, 15) is 9.46 Å². The minimum atomic E-state index is -3.84. The molecule has 0 bridgehead atoms. The van der Waals surface area contributed by atoms with Gasteiger partial charge in [-0.15, -0.1) is 0 Å². The van der Waals surface area contributed by atoms with Crippen LogP contribution < -0.4 is 0 Å². The number of hydrogen-bond donors (Lipinski definition) is 1. The van der Waals surface area contributed by atoms with E-state index < -0.39 is 7.82 Å². The molecule has 0 radical (unpaired) electrons. The molecule has 0 aliphatic rings. The van der Waals surface area contributed by atoms with E-state index in [1.807, 2.05) is 13.8 Å². The molecule has 18 heavy (non-hydrogen) atoms. The SMILES string of the molecule is CC(C)COP(=O)(O)OCCC(C)CC(C)C.[Ca+2].[H-].[H-]. The molecule has 0 saturated heterocycles. The smallest absolute Gasteiger partial charge is 1.00 e. The van der Waals surface area contributed by atoms with Crippen LogP contribution in [0.4, 0.5) is 0 Å². The van der Waals surface area contributed by atoms with Crippen molar-refractivity contribution in [3.05, 3.63) is 0 Å². The second kappa shape index (κ2) is 11.1. The van der Waals surface area contributed by atoms with Crippen LogP contribution in [0.5, 0.6) is 0 Å². The second-order valence-electron chi connectivity index (χ2n) is 5.51. The van der Waals surface area contributed by atoms with Gasteiger partial charge in [0.2, 0.25) is 0 Å². The Morgan fingerprint density at radius 2 is 1.67 bits per heavy atom. The molecular weight excluding hydrogens is 279 g/mol. The van der Waals surface area contributed by atoms with Gasteiger partial charge in [-0.05, 0) is 30.6 Å². The Hall–Kier alpha value is 1.37. The Balaban J connectivity index is -0.000000427. The summed E-state index contributed by atoms with van der Waals surface area (Å²) in [5, 5.41) is 0. The minimum Gasteiger partial charge on any atom is -1.00 e. The third kappa shape index (κ3) is 13.8. The van der Waals surface area contributed by atoms with Crippen molar-refractivity contribution in [3.8, 4) is 0 Å². The summed E-state index contributed by atoms with van der Waals surface area (Å²) in [5.74, 6) is 1.36. The first kappa shape index (κ1) is 21.7. The molecule has 1 N–H and O–H groups in total. The summed E-state index contributed by atoms with van der Waals surface area (Å²) < 4.78 is 21.2. The van der Waals surface area contributed by atoms with E-state index in [0.29, 0.717) is 11.8 Å². The topological polar surface area (TPSA) is 55.8 Å². The maximum absolute atomic E-state index is 11.4. The van der Waals surface area contributed by atoms with E-state index in [4.69, 9.17) is 9.05 Å². The third-order valence-electron chi connectivity index (χ3n) is 2.31. The summed E-state index contributed by atoms with van der Waals surface area (Å²) >= 11 is 0. The Labute approximate surface area is 144 Å². The molecule has 0 aromatic carbocycles. The molecule has 0 aliphatic heterocycles. The van der Waals surface area contributed by atoms with Crippen LogP contribution in [0.3, 0.4) is 0 Å². The van der Waals surface area contributed by atoms with E-state index in [-0.39, 0.29) is 59.7 Å². The van der Waals surface area contributed by atoms with Crippen molar-refractivity contribution >= 4 is 45.6 Å². The third-order valence-corrected chi connectivity index (χ3v) is 3.29. The molecule has 0 rings (SSSR count). The molecular formula is C12H29CaO4P. The normalized spacial score (nSPS) is 16.4. The monoisotopic (exact) mass is 308 g/mol. The van der Waals surface area contributed by atoms with E-state index in [1.165, 1.54) is 0 Å². The van der Waals surface area contributed by atoms with Crippen molar-refractivity contribution in [2.75, 3.05) is 13.2 Å². The number of phosphoric acid groups is 1. The fourth-order valence-corrected chi connectivity index (χ4v) is 2.47. The Kier molecular flexibility index (Phi) is 13.3. The van der Waals surface area contributed by atoms with Crippen molar-refractivity contribution in [1.29, 1.82) is 0 Å². The summed E-state index contributed by atoms with van der Waals surface area (Å²) in [6.07, 6.45) is 1.89. The number of hydrogen-bond acceptors (Lipinski definition) is 3. The summed E-state index contributed by atoms with van der Waals surface area (Å²) in [6, 6.07) is 0. The maximum atomic E-state index is 11.4. The average Bonchev–Trinajstić information content (AvgIpc) is 2.13. The van der Waals surface area contributed by atoms with Crippen molar-refractivity contribution in [2.45, 2.75) is 47.5 Å². The molecule has 0 aromatic rings.